The zero-order chi connectivity index (χ0) is 19.8. The predicted octanol–water partition coefficient (Wildman–Crippen LogP) is 4.37. The average molecular weight is 379 g/mol. The summed E-state index contributed by atoms with van der Waals surface area (Å²) in [7, 11) is 1.60. The van der Waals surface area contributed by atoms with Crippen LogP contribution in [0.2, 0.25) is 0 Å². The van der Waals surface area contributed by atoms with Gasteiger partial charge in [-0.25, -0.2) is 4.39 Å². The van der Waals surface area contributed by atoms with E-state index in [0.717, 1.165) is 0 Å². The number of aryl methyl sites for hydroxylation is 1. The molecule has 4 aromatic rings. The van der Waals surface area contributed by atoms with E-state index in [0.29, 0.717) is 33.5 Å². The van der Waals surface area contributed by atoms with Gasteiger partial charge in [-0.2, -0.15) is 0 Å². The highest BCUT2D eigenvalue weighted by atomic mass is 19.1. The van der Waals surface area contributed by atoms with Gasteiger partial charge < -0.3 is 14.3 Å². The highest BCUT2D eigenvalue weighted by molar-refractivity contribution is 5.96. The van der Waals surface area contributed by atoms with Crippen LogP contribution in [0, 0.1) is 15.9 Å². The smallest absolute Gasteiger partial charge is 0.274 e. The van der Waals surface area contributed by atoms with Gasteiger partial charge in [0.25, 0.3) is 11.2 Å². The van der Waals surface area contributed by atoms with Crippen LogP contribution in [-0.2, 0) is 7.05 Å². The number of halogens is 1. The van der Waals surface area contributed by atoms with Crippen molar-refractivity contribution in [3.05, 3.63) is 87.2 Å². The molecule has 0 unspecified atom stereocenters. The Morgan fingerprint density at radius 3 is 2.57 bits per heavy atom. The minimum atomic E-state index is -0.499. The van der Waals surface area contributed by atoms with E-state index in [1.54, 1.807) is 25.5 Å². The molecule has 0 saturated carbocycles. The van der Waals surface area contributed by atoms with Crippen LogP contribution >= 0.6 is 0 Å². The lowest BCUT2D eigenvalue weighted by Gasteiger charge is -2.13. The first-order valence-corrected chi connectivity index (χ1v) is 8.33. The number of benzene rings is 2. The molecule has 1 N–H and O–H groups in total. The van der Waals surface area contributed by atoms with Gasteiger partial charge in [0.1, 0.15) is 22.8 Å². The molecule has 0 aliphatic heterocycles. The molecule has 2 aromatic heterocycles. The summed E-state index contributed by atoms with van der Waals surface area (Å²) in [5, 5.41) is 11.9. The number of non-ortho nitro benzene ring substituents is 1. The van der Waals surface area contributed by atoms with Gasteiger partial charge >= 0.3 is 0 Å². The van der Waals surface area contributed by atoms with E-state index in [4.69, 9.17) is 4.74 Å². The van der Waals surface area contributed by atoms with E-state index in [1.165, 1.54) is 47.0 Å². The lowest BCUT2D eigenvalue weighted by Crippen LogP contribution is -2.16. The first kappa shape index (κ1) is 17.5. The molecule has 7 nitrogen and oxygen atoms in total. The van der Waals surface area contributed by atoms with E-state index >= 15 is 0 Å². The Balaban J connectivity index is 1.94. The highest BCUT2D eigenvalue weighted by Gasteiger charge is 2.18. The summed E-state index contributed by atoms with van der Waals surface area (Å²) in [6, 6.07) is 11.4. The molecule has 0 radical (unpaired) electrons. The van der Waals surface area contributed by atoms with Crippen molar-refractivity contribution in [1.82, 2.24) is 9.55 Å². The second kappa shape index (κ2) is 6.66. The fourth-order valence-electron chi connectivity index (χ4n) is 3.04. The summed E-state index contributed by atoms with van der Waals surface area (Å²) < 4.78 is 20.4. The van der Waals surface area contributed by atoms with Crippen LogP contribution in [0.15, 0.2) is 65.7 Å². The third kappa shape index (κ3) is 3.01. The van der Waals surface area contributed by atoms with Gasteiger partial charge in [0.05, 0.1) is 4.92 Å². The number of nitro groups is 1. The molecule has 140 valence electrons. The van der Waals surface area contributed by atoms with Gasteiger partial charge in [0.2, 0.25) is 0 Å². The van der Waals surface area contributed by atoms with Crippen molar-refractivity contribution in [3.63, 3.8) is 0 Å². The molecule has 2 heterocycles. The standard InChI is InChI=1S/C20H14FN3O4/c1-23-11-17(15-8-9-22-19(15)20(23)25)16-10-13(24(26)27)4-7-18(16)28-14-5-2-12(21)3-6-14/h2-11,22H,1H3. The maximum Gasteiger partial charge on any atom is 0.274 e. The fraction of sp³-hybridized carbons (Fsp3) is 0.0500. The van der Waals surface area contributed by atoms with E-state index in [-0.39, 0.29) is 11.2 Å². The van der Waals surface area contributed by atoms with Crippen molar-refractivity contribution in [2.75, 3.05) is 0 Å². The number of hydrogen-bond acceptors (Lipinski definition) is 4. The maximum absolute atomic E-state index is 13.2. The number of hydrogen-bond donors (Lipinski definition) is 1. The van der Waals surface area contributed by atoms with Gasteiger partial charge in [-0.1, -0.05) is 0 Å². The van der Waals surface area contributed by atoms with Crippen molar-refractivity contribution in [1.29, 1.82) is 0 Å². The second-order valence-electron chi connectivity index (χ2n) is 6.22. The van der Waals surface area contributed by atoms with Crippen molar-refractivity contribution < 1.29 is 14.1 Å². The van der Waals surface area contributed by atoms with Crippen LogP contribution in [0.5, 0.6) is 11.5 Å². The summed E-state index contributed by atoms with van der Waals surface area (Å²) >= 11 is 0. The Morgan fingerprint density at radius 1 is 1.11 bits per heavy atom. The number of nitrogens with zero attached hydrogens (tertiary/aromatic N) is 2. The number of rotatable bonds is 4. The molecular weight excluding hydrogens is 365 g/mol. The third-order valence-electron chi connectivity index (χ3n) is 4.40. The number of nitrogens with one attached hydrogen (secondary N) is 1. The maximum atomic E-state index is 13.2. The SMILES string of the molecule is Cn1cc(-c2cc([N+](=O)[O-])ccc2Oc2ccc(F)cc2)c2cc[nH]c2c1=O. The third-order valence-corrected chi connectivity index (χ3v) is 4.40. The van der Waals surface area contributed by atoms with E-state index in [1.807, 2.05) is 0 Å². The monoisotopic (exact) mass is 379 g/mol. The average Bonchev–Trinajstić information content (AvgIpc) is 3.17. The molecule has 0 aliphatic rings. The predicted molar refractivity (Wildman–Crippen MR) is 102 cm³/mol. The first-order chi connectivity index (χ1) is 13.4. The molecule has 0 aliphatic carbocycles. The fourth-order valence-corrected chi connectivity index (χ4v) is 3.04. The topological polar surface area (TPSA) is 90.2 Å². The second-order valence-corrected chi connectivity index (χ2v) is 6.22. The molecule has 4 rings (SSSR count). The number of nitro benzene ring substituents is 1. The molecule has 0 saturated heterocycles. The summed E-state index contributed by atoms with van der Waals surface area (Å²) in [6.45, 7) is 0. The van der Waals surface area contributed by atoms with Gasteiger partial charge in [-0.3, -0.25) is 14.9 Å². The molecule has 0 atom stereocenters. The van der Waals surface area contributed by atoms with Crippen LogP contribution in [0.4, 0.5) is 10.1 Å². The summed E-state index contributed by atoms with van der Waals surface area (Å²) in [6.07, 6.45) is 3.24. The highest BCUT2D eigenvalue weighted by Crippen LogP contribution is 2.38. The van der Waals surface area contributed by atoms with E-state index in [2.05, 4.69) is 4.98 Å². The summed E-state index contributed by atoms with van der Waals surface area (Å²) in [5.41, 5.74) is 1.10. The lowest BCUT2D eigenvalue weighted by atomic mass is 10.0. The van der Waals surface area contributed by atoms with Crippen molar-refractivity contribution >= 4 is 16.6 Å². The Morgan fingerprint density at radius 2 is 1.86 bits per heavy atom. The minimum Gasteiger partial charge on any atom is -0.457 e. The van der Waals surface area contributed by atoms with Gasteiger partial charge in [0.15, 0.2) is 0 Å². The van der Waals surface area contributed by atoms with Crippen molar-refractivity contribution in [3.8, 4) is 22.6 Å². The van der Waals surface area contributed by atoms with Crippen LogP contribution in [-0.4, -0.2) is 14.5 Å². The minimum absolute atomic E-state index is 0.112. The molecule has 8 heteroatoms. The lowest BCUT2D eigenvalue weighted by molar-refractivity contribution is -0.384. The molecule has 0 amide bonds. The van der Waals surface area contributed by atoms with Crippen LogP contribution in [0.1, 0.15) is 0 Å². The number of fused-ring (bicyclic) bond motifs is 1. The molecular formula is C20H14FN3O4. The summed E-state index contributed by atoms with van der Waals surface area (Å²) in [5.74, 6) is 0.327. The van der Waals surface area contributed by atoms with Gasteiger partial charge in [-0.05, 0) is 36.4 Å². The van der Waals surface area contributed by atoms with E-state index in [9.17, 15) is 19.3 Å². The number of aromatic nitrogens is 2. The Hall–Kier alpha value is -3.94. The number of pyridine rings is 1. The van der Waals surface area contributed by atoms with Crippen LogP contribution < -0.4 is 10.3 Å². The molecule has 2 aromatic carbocycles. The summed E-state index contributed by atoms with van der Waals surface area (Å²) in [4.78, 5) is 26.0. The Kier molecular flexibility index (Phi) is 4.15. The normalized spacial score (nSPS) is 10.9. The quantitative estimate of drug-likeness (QED) is 0.421. The van der Waals surface area contributed by atoms with Gasteiger partial charge in [-0.15, -0.1) is 0 Å². The Bertz CT molecular complexity index is 1260. The van der Waals surface area contributed by atoms with Crippen LogP contribution in [0.3, 0.4) is 0 Å². The number of H-pyrrole nitrogens is 1. The zero-order valence-corrected chi connectivity index (χ0v) is 14.7. The van der Waals surface area contributed by atoms with Crippen molar-refractivity contribution in [2.45, 2.75) is 0 Å². The van der Waals surface area contributed by atoms with Crippen LogP contribution in [0.25, 0.3) is 22.0 Å². The largest absolute Gasteiger partial charge is 0.457 e. The molecule has 28 heavy (non-hydrogen) atoms. The van der Waals surface area contributed by atoms with E-state index < -0.39 is 10.7 Å². The van der Waals surface area contributed by atoms with Gasteiger partial charge in [0, 0.05) is 48.1 Å². The zero-order valence-electron chi connectivity index (χ0n) is 14.7. The number of ether oxygens (including phenoxy) is 1. The molecule has 0 fully saturated rings. The van der Waals surface area contributed by atoms with Crippen molar-refractivity contribution in [2.24, 2.45) is 7.05 Å². The first-order valence-electron chi connectivity index (χ1n) is 8.33. The molecule has 0 bridgehead atoms. The Labute approximate surface area is 157 Å². The molecule has 0 spiro atoms. The number of aromatic amines is 1.